The van der Waals surface area contributed by atoms with E-state index in [4.69, 9.17) is 4.74 Å². The zero-order valence-electron chi connectivity index (χ0n) is 16.1. The zero-order chi connectivity index (χ0) is 19.9. The summed E-state index contributed by atoms with van der Waals surface area (Å²) in [6, 6.07) is 17.0. The van der Waals surface area contributed by atoms with Crippen LogP contribution < -0.4 is 20.3 Å². The van der Waals surface area contributed by atoms with Crippen LogP contribution in [0.4, 0.5) is 17.3 Å². The van der Waals surface area contributed by atoms with Crippen molar-refractivity contribution in [3.05, 3.63) is 72.1 Å². The molecule has 28 heavy (non-hydrogen) atoms. The second-order valence-electron chi connectivity index (χ2n) is 6.36. The van der Waals surface area contributed by atoms with Crippen molar-refractivity contribution < 1.29 is 9.53 Å². The summed E-state index contributed by atoms with van der Waals surface area (Å²) >= 11 is 0. The van der Waals surface area contributed by atoms with Crippen molar-refractivity contribution >= 4 is 23.2 Å². The first-order valence-electron chi connectivity index (χ1n) is 8.84. The van der Waals surface area contributed by atoms with E-state index in [0.29, 0.717) is 18.2 Å². The molecule has 1 amide bonds. The maximum atomic E-state index is 12.4. The predicted octanol–water partition coefficient (Wildman–Crippen LogP) is 3.22. The highest BCUT2D eigenvalue weighted by Crippen LogP contribution is 2.18. The van der Waals surface area contributed by atoms with Gasteiger partial charge in [-0.3, -0.25) is 4.79 Å². The topological polar surface area (TPSA) is 79.4 Å². The van der Waals surface area contributed by atoms with E-state index in [9.17, 15) is 4.79 Å². The van der Waals surface area contributed by atoms with Crippen LogP contribution in [0.25, 0.3) is 0 Å². The predicted molar refractivity (Wildman–Crippen MR) is 110 cm³/mol. The molecule has 7 nitrogen and oxygen atoms in total. The summed E-state index contributed by atoms with van der Waals surface area (Å²) in [6.07, 6.45) is 1.56. The molecule has 7 heteroatoms. The van der Waals surface area contributed by atoms with Gasteiger partial charge in [-0.1, -0.05) is 12.1 Å². The average Bonchev–Trinajstić information content (AvgIpc) is 2.73. The zero-order valence-corrected chi connectivity index (χ0v) is 16.1. The summed E-state index contributed by atoms with van der Waals surface area (Å²) in [5, 5.41) is 5.98. The smallest absolute Gasteiger partial charge is 0.270 e. The van der Waals surface area contributed by atoms with Crippen molar-refractivity contribution in [3.8, 4) is 5.75 Å². The second kappa shape index (κ2) is 8.85. The average molecular weight is 377 g/mol. The maximum absolute atomic E-state index is 12.4. The molecule has 1 heterocycles. The summed E-state index contributed by atoms with van der Waals surface area (Å²) < 4.78 is 5.13. The standard InChI is InChI=1S/C21H23N5O2/c1-26(2)17-8-6-16(7-9-17)24-21-22-13-12-19(25-21)20(27)23-14-15-4-10-18(28-3)11-5-15/h4-13H,14H2,1-3H3,(H,23,27)(H,22,24,25). The monoisotopic (exact) mass is 377 g/mol. The Morgan fingerprint density at radius 2 is 1.75 bits per heavy atom. The van der Waals surface area contributed by atoms with E-state index in [1.807, 2.05) is 67.5 Å². The molecule has 0 bridgehead atoms. The highest BCUT2D eigenvalue weighted by molar-refractivity contribution is 5.92. The lowest BCUT2D eigenvalue weighted by molar-refractivity contribution is 0.0946. The highest BCUT2D eigenvalue weighted by atomic mass is 16.5. The quantitative estimate of drug-likeness (QED) is 0.658. The van der Waals surface area contributed by atoms with Gasteiger partial charge in [0.15, 0.2) is 0 Å². The number of benzene rings is 2. The number of ether oxygens (including phenoxy) is 1. The molecule has 3 rings (SSSR count). The molecule has 0 spiro atoms. The minimum absolute atomic E-state index is 0.260. The Kier molecular flexibility index (Phi) is 6.06. The van der Waals surface area contributed by atoms with E-state index in [2.05, 4.69) is 20.6 Å². The van der Waals surface area contributed by atoms with Crippen molar-refractivity contribution in [1.82, 2.24) is 15.3 Å². The molecule has 144 valence electrons. The van der Waals surface area contributed by atoms with Gasteiger partial charge in [0, 0.05) is 38.2 Å². The third-order valence-electron chi connectivity index (χ3n) is 4.14. The number of nitrogens with zero attached hydrogens (tertiary/aromatic N) is 3. The SMILES string of the molecule is COc1ccc(CNC(=O)c2ccnc(Nc3ccc(N(C)C)cc3)n2)cc1. The molecular weight excluding hydrogens is 354 g/mol. The Morgan fingerprint density at radius 1 is 1.04 bits per heavy atom. The number of nitrogens with one attached hydrogen (secondary N) is 2. The van der Waals surface area contributed by atoms with E-state index < -0.39 is 0 Å². The van der Waals surface area contributed by atoms with Gasteiger partial charge >= 0.3 is 0 Å². The second-order valence-corrected chi connectivity index (χ2v) is 6.36. The molecule has 0 unspecified atom stereocenters. The summed E-state index contributed by atoms with van der Waals surface area (Å²) in [7, 11) is 5.59. The number of aromatic nitrogens is 2. The number of amides is 1. The van der Waals surface area contributed by atoms with E-state index in [1.165, 1.54) is 0 Å². The number of carbonyl (C=O) groups is 1. The Morgan fingerprint density at radius 3 is 2.39 bits per heavy atom. The maximum Gasteiger partial charge on any atom is 0.270 e. The molecule has 0 aliphatic carbocycles. The summed E-state index contributed by atoms with van der Waals surface area (Å²) in [6.45, 7) is 0.404. The molecule has 0 aliphatic heterocycles. The van der Waals surface area contributed by atoms with Crippen LogP contribution in [0.5, 0.6) is 5.75 Å². The highest BCUT2D eigenvalue weighted by Gasteiger charge is 2.09. The lowest BCUT2D eigenvalue weighted by Crippen LogP contribution is -2.24. The van der Waals surface area contributed by atoms with Crippen LogP contribution in [0.2, 0.25) is 0 Å². The molecule has 0 aliphatic rings. The molecule has 0 radical (unpaired) electrons. The first kappa shape index (κ1) is 19.2. The number of methoxy groups -OCH3 is 1. The fourth-order valence-electron chi connectivity index (χ4n) is 2.53. The van der Waals surface area contributed by atoms with Gasteiger partial charge in [0.25, 0.3) is 5.91 Å². The van der Waals surface area contributed by atoms with E-state index >= 15 is 0 Å². The van der Waals surface area contributed by atoms with Crippen molar-refractivity contribution in [2.24, 2.45) is 0 Å². The molecule has 2 aromatic carbocycles. The van der Waals surface area contributed by atoms with Crippen LogP contribution in [0.3, 0.4) is 0 Å². The molecular formula is C21H23N5O2. The van der Waals surface area contributed by atoms with Gasteiger partial charge in [-0.25, -0.2) is 9.97 Å². The third-order valence-corrected chi connectivity index (χ3v) is 4.14. The fourth-order valence-corrected chi connectivity index (χ4v) is 2.53. The van der Waals surface area contributed by atoms with Crippen molar-refractivity contribution in [3.63, 3.8) is 0 Å². The van der Waals surface area contributed by atoms with Crippen molar-refractivity contribution in [2.45, 2.75) is 6.54 Å². The van der Waals surface area contributed by atoms with Crippen LogP contribution in [0, 0.1) is 0 Å². The van der Waals surface area contributed by atoms with Gasteiger partial charge in [0.05, 0.1) is 7.11 Å². The minimum Gasteiger partial charge on any atom is -0.497 e. The molecule has 0 fully saturated rings. The lowest BCUT2D eigenvalue weighted by Gasteiger charge is -2.13. The van der Waals surface area contributed by atoms with E-state index in [1.54, 1.807) is 19.4 Å². The van der Waals surface area contributed by atoms with E-state index in [0.717, 1.165) is 22.7 Å². The normalized spacial score (nSPS) is 10.2. The van der Waals surface area contributed by atoms with Gasteiger partial charge in [-0.05, 0) is 48.0 Å². The molecule has 1 aromatic heterocycles. The number of anilines is 3. The first-order chi connectivity index (χ1) is 13.5. The number of rotatable bonds is 7. The van der Waals surface area contributed by atoms with Gasteiger partial charge in [0.2, 0.25) is 5.95 Å². The molecule has 0 saturated heterocycles. The van der Waals surface area contributed by atoms with Crippen LogP contribution >= 0.6 is 0 Å². The molecule has 0 saturated carbocycles. The van der Waals surface area contributed by atoms with Crippen molar-refractivity contribution in [2.75, 3.05) is 31.4 Å². The largest absolute Gasteiger partial charge is 0.497 e. The van der Waals surface area contributed by atoms with Crippen LogP contribution in [0.15, 0.2) is 60.8 Å². The summed E-state index contributed by atoms with van der Waals surface area (Å²) in [5.74, 6) is 0.888. The molecule has 0 atom stereocenters. The van der Waals surface area contributed by atoms with Gasteiger partial charge in [-0.2, -0.15) is 0 Å². The minimum atomic E-state index is -0.260. The Labute approximate surface area is 164 Å². The lowest BCUT2D eigenvalue weighted by atomic mass is 10.2. The Balaban J connectivity index is 1.62. The summed E-state index contributed by atoms with van der Waals surface area (Å²) in [4.78, 5) is 22.9. The van der Waals surface area contributed by atoms with Crippen molar-refractivity contribution in [1.29, 1.82) is 0 Å². The van der Waals surface area contributed by atoms with Crippen LogP contribution in [-0.2, 0) is 6.54 Å². The fraction of sp³-hybridized carbons (Fsp3) is 0.190. The Hall–Kier alpha value is -3.61. The number of hydrogen-bond donors (Lipinski definition) is 2. The van der Waals surface area contributed by atoms with Crippen LogP contribution in [0.1, 0.15) is 16.1 Å². The third kappa shape index (κ3) is 4.97. The van der Waals surface area contributed by atoms with Gasteiger partial charge in [0.1, 0.15) is 11.4 Å². The van der Waals surface area contributed by atoms with Gasteiger partial charge in [-0.15, -0.1) is 0 Å². The Bertz CT molecular complexity index is 924. The molecule has 2 N–H and O–H groups in total. The number of hydrogen-bond acceptors (Lipinski definition) is 6. The first-order valence-corrected chi connectivity index (χ1v) is 8.84. The van der Waals surface area contributed by atoms with Crippen LogP contribution in [-0.4, -0.2) is 37.1 Å². The van der Waals surface area contributed by atoms with E-state index in [-0.39, 0.29) is 5.91 Å². The van der Waals surface area contributed by atoms with Gasteiger partial charge < -0.3 is 20.3 Å². The number of carbonyl (C=O) groups excluding carboxylic acids is 1. The summed E-state index contributed by atoms with van der Waals surface area (Å²) in [5.41, 5.74) is 3.22. The molecule has 3 aromatic rings.